The third-order valence-electron chi connectivity index (χ3n) is 0.932. The van der Waals surface area contributed by atoms with Crippen molar-refractivity contribution in [2.45, 2.75) is 32.8 Å². The summed E-state index contributed by atoms with van der Waals surface area (Å²) < 4.78 is 28.1. The molecule has 0 heterocycles. The maximum Gasteiger partial charge on any atom is 0.303 e. The van der Waals surface area contributed by atoms with Gasteiger partial charge in [-0.3, -0.25) is 4.79 Å². The Hall–Kier alpha value is -0.670. The minimum atomic E-state index is -2.64. The zero-order chi connectivity index (χ0) is 8.36. The van der Waals surface area contributed by atoms with Crippen molar-refractivity contribution in [2.75, 3.05) is 0 Å². The van der Waals surface area contributed by atoms with Crippen LogP contribution < -0.4 is 0 Å². The molecule has 0 saturated carbocycles. The highest BCUT2D eigenvalue weighted by atomic mass is 19.3. The van der Waals surface area contributed by atoms with E-state index in [1.807, 2.05) is 0 Å². The van der Waals surface area contributed by atoms with Gasteiger partial charge in [-0.2, -0.15) is 0 Å². The van der Waals surface area contributed by atoms with E-state index in [9.17, 15) is 13.6 Å². The molecule has 0 radical (unpaired) electrons. The lowest BCUT2D eigenvalue weighted by atomic mass is 10.1. The molecule has 0 aromatic heterocycles. The summed E-state index contributed by atoms with van der Waals surface area (Å²) in [7, 11) is 0. The summed E-state index contributed by atoms with van der Waals surface area (Å²) in [6, 6.07) is 0. The van der Waals surface area contributed by atoms with Crippen LogP contribution in [0.4, 0.5) is 8.78 Å². The van der Waals surface area contributed by atoms with Crippen LogP contribution in [0.3, 0.4) is 0 Å². The van der Waals surface area contributed by atoms with E-state index in [0.717, 1.165) is 6.92 Å². The summed E-state index contributed by atoms with van der Waals surface area (Å²) in [5, 5.41) is 0. The number of rotatable bonds is 2. The maximum atomic E-state index is 11.9. The normalized spacial score (nSPS) is 11.8. The maximum absolute atomic E-state index is 11.9. The molecule has 2 nitrogen and oxygen atoms in total. The predicted molar refractivity (Wildman–Crippen MR) is 31.8 cm³/mol. The van der Waals surface area contributed by atoms with Gasteiger partial charge >= 0.3 is 5.97 Å². The van der Waals surface area contributed by atoms with Crippen LogP contribution >= 0.6 is 0 Å². The average molecular weight is 152 g/mol. The smallest absolute Gasteiger partial charge is 0.303 e. The molecular weight excluding hydrogens is 142 g/mol. The van der Waals surface area contributed by atoms with E-state index in [1.54, 1.807) is 0 Å². The molecule has 0 amide bonds. The van der Waals surface area contributed by atoms with Gasteiger partial charge < -0.3 is 4.74 Å². The zero-order valence-electron chi connectivity index (χ0n) is 6.15. The topological polar surface area (TPSA) is 26.3 Å². The fourth-order valence-electron chi connectivity index (χ4n) is 0.415. The van der Waals surface area contributed by atoms with Gasteiger partial charge in [0, 0.05) is 6.92 Å². The van der Waals surface area contributed by atoms with E-state index < -0.39 is 18.0 Å². The van der Waals surface area contributed by atoms with Crippen LogP contribution in [0.15, 0.2) is 0 Å². The molecule has 4 heteroatoms. The van der Waals surface area contributed by atoms with Crippen molar-refractivity contribution < 1.29 is 18.3 Å². The Bertz CT molecular complexity index is 132. The Labute approximate surface area is 58.2 Å². The van der Waals surface area contributed by atoms with Gasteiger partial charge in [-0.1, -0.05) is 0 Å². The van der Waals surface area contributed by atoms with E-state index in [1.165, 1.54) is 13.8 Å². The summed E-state index contributed by atoms with van der Waals surface area (Å²) >= 11 is 0. The molecule has 0 aliphatic carbocycles. The van der Waals surface area contributed by atoms with Crippen molar-refractivity contribution in [3.63, 3.8) is 0 Å². The summed E-state index contributed by atoms with van der Waals surface area (Å²) in [6.45, 7) is 3.43. The minimum Gasteiger partial charge on any atom is -0.454 e. The molecule has 60 valence electrons. The molecule has 0 aromatic carbocycles. The highest BCUT2D eigenvalue weighted by Crippen LogP contribution is 2.18. The van der Waals surface area contributed by atoms with Crippen molar-refractivity contribution in [3.05, 3.63) is 0 Å². The van der Waals surface area contributed by atoms with Gasteiger partial charge in [0.25, 0.3) is 6.43 Å². The third kappa shape index (κ3) is 2.75. The Balaban J connectivity index is 3.99. The molecule has 0 saturated heterocycles. The lowest BCUT2D eigenvalue weighted by molar-refractivity contribution is -0.168. The molecule has 0 aromatic rings. The molecule has 0 atom stereocenters. The van der Waals surface area contributed by atoms with E-state index in [2.05, 4.69) is 4.74 Å². The number of halogens is 2. The Morgan fingerprint density at radius 1 is 1.50 bits per heavy atom. The van der Waals surface area contributed by atoms with Crippen LogP contribution in [0.1, 0.15) is 20.8 Å². The summed E-state index contributed by atoms with van der Waals surface area (Å²) in [6.07, 6.45) is -2.64. The Kier molecular flexibility index (Phi) is 2.75. The van der Waals surface area contributed by atoms with Crippen LogP contribution in [0, 0.1) is 0 Å². The number of hydrogen-bond donors (Lipinski definition) is 0. The first kappa shape index (κ1) is 9.33. The number of hydrogen-bond acceptors (Lipinski definition) is 2. The molecule has 0 N–H and O–H groups in total. The lowest BCUT2D eigenvalue weighted by Crippen LogP contribution is -2.34. The summed E-state index contributed by atoms with van der Waals surface area (Å²) in [5.74, 6) is -0.690. The van der Waals surface area contributed by atoms with Gasteiger partial charge in [-0.05, 0) is 13.8 Å². The summed E-state index contributed by atoms with van der Waals surface area (Å²) in [5.41, 5.74) is -1.66. The first-order chi connectivity index (χ1) is 4.36. The van der Waals surface area contributed by atoms with Gasteiger partial charge in [0.2, 0.25) is 0 Å². The highest BCUT2D eigenvalue weighted by molar-refractivity contribution is 5.66. The second-order valence-corrected chi connectivity index (χ2v) is 2.50. The SMILES string of the molecule is CC(=O)OC(C)(C)C(F)F. The molecule has 0 unspecified atom stereocenters. The fraction of sp³-hybridized carbons (Fsp3) is 0.833. The number of carbonyl (C=O) groups is 1. The van der Waals surface area contributed by atoms with E-state index >= 15 is 0 Å². The number of esters is 1. The fourth-order valence-corrected chi connectivity index (χ4v) is 0.415. The van der Waals surface area contributed by atoms with Crippen LogP contribution in [-0.4, -0.2) is 18.0 Å². The first-order valence-electron chi connectivity index (χ1n) is 2.84. The zero-order valence-corrected chi connectivity index (χ0v) is 6.15. The van der Waals surface area contributed by atoms with Crippen molar-refractivity contribution in [3.8, 4) is 0 Å². The van der Waals surface area contributed by atoms with Gasteiger partial charge in [0.05, 0.1) is 0 Å². The molecule has 0 bridgehead atoms. The monoisotopic (exact) mass is 152 g/mol. The van der Waals surface area contributed by atoms with Crippen molar-refractivity contribution in [2.24, 2.45) is 0 Å². The molecule has 0 fully saturated rings. The average Bonchev–Trinajstić information content (AvgIpc) is 1.60. The standard InChI is InChI=1S/C6H10F2O2/c1-4(9)10-6(2,3)5(7)8/h5H,1-3H3. The molecular formula is C6H10F2O2. The van der Waals surface area contributed by atoms with E-state index in [-0.39, 0.29) is 0 Å². The number of carbonyl (C=O) groups excluding carboxylic acids is 1. The second-order valence-electron chi connectivity index (χ2n) is 2.50. The molecule has 0 spiro atoms. The van der Waals surface area contributed by atoms with Gasteiger partial charge in [0.15, 0.2) is 5.60 Å². The first-order valence-corrected chi connectivity index (χ1v) is 2.84. The molecule has 0 rings (SSSR count). The predicted octanol–water partition coefficient (Wildman–Crippen LogP) is 1.59. The summed E-state index contributed by atoms with van der Waals surface area (Å²) in [4.78, 5) is 10.2. The van der Waals surface area contributed by atoms with Gasteiger partial charge in [-0.25, -0.2) is 8.78 Å². The molecule has 0 aliphatic heterocycles. The third-order valence-corrected chi connectivity index (χ3v) is 0.932. The Morgan fingerprint density at radius 2 is 1.90 bits per heavy atom. The second kappa shape index (κ2) is 2.94. The Morgan fingerprint density at radius 3 is 2.00 bits per heavy atom. The van der Waals surface area contributed by atoms with Crippen molar-refractivity contribution in [1.29, 1.82) is 0 Å². The molecule has 0 aliphatic rings. The van der Waals surface area contributed by atoms with E-state index in [4.69, 9.17) is 0 Å². The van der Waals surface area contributed by atoms with Gasteiger partial charge in [-0.15, -0.1) is 0 Å². The van der Waals surface area contributed by atoms with Crippen molar-refractivity contribution in [1.82, 2.24) is 0 Å². The largest absolute Gasteiger partial charge is 0.454 e. The lowest BCUT2D eigenvalue weighted by Gasteiger charge is -2.22. The van der Waals surface area contributed by atoms with Crippen molar-refractivity contribution >= 4 is 5.97 Å². The van der Waals surface area contributed by atoms with Crippen LogP contribution in [0.5, 0.6) is 0 Å². The molecule has 10 heavy (non-hydrogen) atoms. The minimum absolute atomic E-state index is 0.690. The van der Waals surface area contributed by atoms with E-state index in [0.29, 0.717) is 0 Å². The highest BCUT2D eigenvalue weighted by Gasteiger charge is 2.32. The number of ether oxygens (including phenoxy) is 1. The van der Waals surface area contributed by atoms with Crippen LogP contribution in [0.25, 0.3) is 0 Å². The van der Waals surface area contributed by atoms with Crippen LogP contribution in [0.2, 0.25) is 0 Å². The number of alkyl halides is 2. The van der Waals surface area contributed by atoms with Crippen LogP contribution in [-0.2, 0) is 9.53 Å². The van der Waals surface area contributed by atoms with Gasteiger partial charge in [0.1, 0.15) is 0 Å². The quantitative estimate of drug-likeness (QED) is 0.561.